The molecule has 0 saturated heterocycles. The Morgan fingerprint density at radius 2 is 1.92 bits per heavy atom. The third kappa shape index (κ3) is 4.92. The van der Waals surface area contributed by atoms with Gasteiger partial charge in [0.25, 0.3) is 5.91 Å². The van der Waals surface area contributed by atoms with E-state index in [0.717, 1.165) is 0 Å². The molecule has 0 saturated carbocycles. The first kappa shape index (κ1) is 25.6. The predicted molar refractivity (Wildman–Crippen MR) is 135 cm³/mol. The van der Waals surface area contributed by atoms with Gasteiger partial charge in [-0.05, 0) is 62.2 Å². The summed E-state index contributed by atoms with van der Waals surface area (Å²) in [4.78, 5) is 28.3. The van der Waals surface area contributed by atoms with Gasteiger partial charge in [0.1, 0.15) is 5.58 Å². The lowest BCUT2D eigenvalue weighted by atomic mass is 9.94. The van der Waals surface area contributed by atoms with Crippen LogP contribution in [0.4, 0.5) is 0 Å². The van der Waals surface area contributed by atoms with Crippen molar-refractivity contribution in [2.75, 3.05) is 27.4 Å². The zero-order chi connectivity index (χ0) is 26.0. The number of nitrogens with zero attached hydrogens (tertiary/aromatic N) is 1. The fraction of sp³-hybridized carbons (Fsp3) is 0.333. The topological polar surface area (TPSA) is 98.4 Å². The van der Waals surface area contributed by atoms with Crippen molar-refractivity contribution in [3.8, 4) is 11.5 Å². The molecular formula is C27H28ClNO7. The van der Waals surface area contributed by atoms with E-state index in [1.54, 1.807) is 49.6 Å². The Labute approximate surface area is 214 Å². The van der Waals surface area contributed by atoms with Gasteiger partial charge in [0.05, 0.1) is 24.8 Å². The summed E-state index contributed by atoms with van der Waals surface area (Å²) in [7, 11) is 3.08. The molecule has 0 radical (unpaired) electrons. The molecule has 2 aromatic carbocycles. The van der Waals surface area contributed by atoms with Gasteiger partial charge in [-0.3, -0.25) is 9.59 Å². The molecule has 9 heteroatoms. The zero-order valence-electron chi connectivity index (χ0n) is 20.5. The second kappa shape index (κ2) is 10.6. The van der Waals surface area contributed by atoms with Crippen LogP contribution in [0.5, 0.6) is 11.5 Å². The number of carbonyl (C=O) groups is 2. The fourth-order valence-electron chi connectivity index (χ4n) is 4.31. The third-order valence-corrected chi connectivity index (χ3v) is 6.10. The number of ketones is 1. The van der Waals surface area contributed by atoms with Crippen molar-refractivity contribution in [3.05, 3.63) is 70.1 Å². The van der Waals surface area contributed by atoms with Gasteiger partial charge in [0.15, 0.2) is 23.0 Å². The maximum Gasteiger partial charge on any atom is 0.290 e. The molecule has 3 aromatic rings. The molecule has 190 valence electrons. The van der Waals surface area contributed by atoms with Crippen LogP contribution in [0.15, 0.2) is 58.2 Å². The Bertz CT molecular complexity index is 1330. The number of amides is 1. The van der Waals surface area contributed by atoms with Crippen LogP contribution in [0.25, 0.3) is 11.0 Å². The number of aliphatic hydroxyl groups is 1. The summed E-state index contributed by atoms with van der Waals surface area (Å²) in [5.74, 6) is -0.864. The van der Waals surface area contributed by atoms with Crippen LogP contribution in [0.1, 0.15) is 42.4 Å². The van der Waals surface area contributed by atoms with E-state index in [-0.39, 0.29) is 24.0 Å². The van der Waals surface area contributed by atoms with Gasteiger partial charge < -0.3 is 28.6 Å². The Morgan fingerprint density at radius 3 is 2.61 bits per heavy atom. The summed E-state index contributed by atoms with van der Waals surface area (Å²) in [6.45, 7) is 4.48. The van der Waals surface area contributed by atoms with Crippen molar-refractivity contribution in [2.45, 2.75) is 32.4 Å². The van der Waals surface area contributed by atoms with Crippen molar-refractivity contribution in [2.24, 2.45) is 0 Å². The van der Waals surface area contributed by atoms with Gasteiger partial charge >= 0.3 is 0 Å². The molecule has 1 aliphatic rings. The number of carbonyl (C=O) groups excluding carboxylic acids is 2. The molecule has 0 aliphatic carbocycles. The summed E-state index contributed by atoms with van der Waals surface area (Å²) in [5.41, 5.74) is 0.986. The van der Waals surface area contributed by atoms with Crippen LogP contribution in [0.3, 0.4) is 0 Å². The van der Waals surface area contributed by atoms with Gasteiger partial charge in [0.2, 0.25) is 5.78 Å². The van der Waals surface area contributed by atoms with Crippen LogP contribution < -0.4 is 9.47 Å². The number of halogens is 1. The van der Waals surface area contributed by atoms with E-state index in [4.69, 9.17) is 30.2 Å². The highest BCUT2D eigenvalue weighted by Crippen LogP contribution is 2.42. The molecule has 0 bridgehead atoms. The third-order valence-electron chi connectivity index (χ3n) is 5.86. The molecule has 1 unspecified atom stereocenters. The van der Waals surface area contributed by atoms with Crippen molar-refractivity contribution in [1.82, 2.24) is 4.90 Å². The molecule has 1 N–H and O–H groups in total. The summed E-state index contributed by atoms with van der Waals surface area (Å²) >= 11 is 6.07. The molecule has 36 heavy (non-hydrogen) atoms. The average molecular weight is 514 g/mol. The number of Topliss-reactive ketones (excluding diaryl/α,β-unsaturated/α-hetero) is 1. The minimum absolute atomic E-state index is 0.00270. The standard InChI is InChI=1S/C27H28ClNO7/c1-15(2)35-20-8-6-16(13-21(20)34-4)24-23(26(31)27(32)29(24)10-5-11-33-3)25(30)22-14-17-12-18(28)7-9-19(17)36-22/h6-9,12-15,24,31H,5,10-11H2,1-4H3. The highest BCUT2D eigenvalue weighted by molar-refractivity contribution is 6.31. The fourth-order valence-corrected chi connectivity index (χ4v) is 4.49. The molecule has 1 amide bonds. The monoisotopic (exact) mass is 513 g/mol. The van der Waals surface area contributed by atoms with E-state index in [9.17, 15) is 14.7 Å². The molecule has 1 aliphatic heterocycles. The second-order valence-corrected chi connectivity index (χ2v) is 9.14. The lowest BCUT2D eigenvalue weighted by Gasteiger charge is -2.27. The lowest BCUT2D eigenvalue weighted by molar-refractivity contribution is -0.129. The summed E-state index contributed by atoms with van der Waals surface area (Å²) < 4.78 is 22.2. The largest absolute Gasteiger partial charge is 0.503 e. The van der Waals surface area contributed by atoms with E-state index in [1.807, 2.05) is 13.8 Å². The zero-order valence-corrected chi connectivity index (χ0v) is 21.3. The Hall–Kier alpha value is -3.49. The van der Waals surface area contributed by atoms with E-state index in [0.29, 0.717) is 46.1 Å². The number of furan rings is 1. The van der Waals surface area contributed by atoms with E-state index >= 15 is 0 Å². The number of fused-ring (bicyclic) bond motifs is 1. The summed E-state index contributed by atoms with van der Waals surface area (Å²) in [6.07, 6.45) is 0.438. The SMILES string of the molecule is COCCCN1C(=O)C(O)=C(C(=O)c2cc3cc(Cl)ccc3o2)C1c1ccc(OC(C)C)c(OC)c1. The first-order chi connectivity index (χ1) is 17.2. The number of rotatable bonds is 10. The highest BCUT2D eigenvalue weighted by atomic mass is 35.5. The first-order valence-electron chi connectivity index (χ1n) is 11.6. The lowest BCUT2D eigenvalue weighted by Crippen LogP contribution is -2.32. The van der Waals surface area contributed by atoms with Gasteiger partial charge in [-0.25, -0.2) is 0 Å². The number of ether oxygens (including phenoxy) is 3. The van der Waals surface area contributed by atoms with Crippen molar-refractivity contribution < 1.29 is 33.3 Å². The van der Waals surface area contributed by atoms with Crippen LogP contribution in [0.2, 0.25) is 5.02 Å². The smallest absolute Gasteiger partial charge is 0.290 e. The normalized spacial score (nSPS) is 15.9. The Balaban J connectivity index is 1.79. The maximum absolute atomic E-state index is 13.7. The summed E-state index contributed by atoms with van der Waals surface area (Å²) in [5, 5.41) is 12.0. The summed E-state index contributed by atoms with van der Waals surface area (Å²) in [6, 6.07) is 10.9. The number of hydrogen-bond donors (Lipinski definition) is 1. The van der Waals surface area contributed by atoms with Crippen LogP contribution in [-0.2, 0) is 9.53 Å². The number of aliphatic hydroxyl groups excluding tert-OH is 1. The Morgan fingerprint density at radius 1 is 1.14 bits per heavy atom. The number of hydrogen-bond acceptors (Lipinski definition) is 7. The van der Waals surface area contributed by atoms with Crippen molar-refractivity contribution in [1.29, 1.82) is 0 Å². The van der Waals surface area contributed by atoms with Gasteiger partial charge in [-0.15, -0.1) is 0 Å². The Kier molecular flexibility index (Phi) is 7.56. The van der Waals surface area contributed by atoms with E-state index in [2.05, 4.69) is 0 Å². The van der Waals surface area contributed by atoms with Crippen molar-refractivity contribution >= 4 is 34.3 Å². The molecular weight excluding hydrogens is 486 g/mol. The molecule has 1 aromatic heterocycles. The maximum atomic E-state index is 13.7. The molecule has 8 nitrogen and oxygen atoms in total. The van der Waals surface area contributed by atoms with E-state index in [1.165, 1.54) is 12.0 Å². The second-order valence-electron chi connectivity index (χ2n) is 8.71. The molecule has 0 fully saturated rings. The minimum atomic E-state index is -0.861. The van der Waals surface area contributed by atoms with Gasteiger partial charge in [-0.1, -0.05) is 17.7 Å². The van der Waals surface area contributed by atoms with Gasteiger partial charge in [0, 0.05) is 30.7 Å². The molecule has 0 spiro atoms. The quantitative estimate of drug-likeness (QED) is 0.282. The first-order valence-corrected chi connectivity index (χ1v) is 11.9. The number of benzene rings is 2. The predicted octanol–water partition coefficient (Wildman–Crippen LogP) is 5.50. The minimum Gasteiger partial charge on any atom is -0.503 e. The molecule has 2 heterocycles. The molecule has 1 atom stereocenters. The van der Waals surface area contributed by atoms with Crippen LogP contribution in [0, 0.1) is 0 Å². The van der Waals surface area contributed by atoms with Crippen LogP contribution >= 0.6 is 11.6 Å². The highest BCUT2D eigenvalue weighted by Gasteiger charge is 2.44. The van der Waals surface area contributed by atoms with Crippen molar-refractivity contribution in [3.63, 3.8) is 0 Å². The number of methoxy groups -OCH3 is 2. The van der Waals surface area contributed by atoms with E-state index < -0.39 is 23.5 Å². The van der Waals surface area contributed by atoms with Crippen LogP contribution in [-0.4, -0.2) is 55.2 Å². The van der Waals surface area contributed by atoms with Gasteiger partial charge in [-0.2, -0.15) is 0 Å². The molecule has 4 rings (SSSR count). The average Bonchev–Trinajstić information content (AvgIpc) is 3.37.